The van der Waals surface area contributed by atoms with E-state index in [9.17, 15) is 5.11 Å². The molecule has 3 aromatic rings. The summed E-state index contributed by atoms with van der Waals surface area (Å²) in [6, 6.07) is 23.3. The zero-order valence-electron chi connectivity index (χ0n) is 10.8. The second-order valence-corrected chi connectivity index (χ2v) is 5.07. The second kappa shape index (κ2) is 5.40. The van der Waals surface area contributed by atoms with Crippen molar-refractivity contribution in [2.24, 2.45) is 0 Å². The molecule has 0 spiro atoms. The Balaban J connectivity index is 1.93. The maximum Gasteiger partial charge on any atom is 0.116 e. The molecular formula is C18H13ClO. The molecule has 0 radical (unpaired) electrons. The molecular weight excluding hydrogens is 268 g/mol. The van der Waals surface area contributed by atoms with Crippen LogP contribution in [0.1, 0.15) is 0 Å². The van der Waals surface area contributed by atoms with Crippen LogP contribution < -0.4 is 0 Å². The van der Waals surface area contributed by atoms with E-state index in [2.05, 4.69) is 24.3 Å². The summed E-state index contributed by atoms with van der Waals surface area (Å²) in [7, 11) is 0. The summed E-state index contributed by atoms with van der Waals surface area (Å²) in [5, 5.41) is 10.3. The largest absolute Gasteiger partial charge is 0.508 e. The van der Waals surface area contributed by atoms with Gasteiger partial charge in [-0.05, 0) is 46.5 Å². The van der Waals surface area contributed by atoms with Gasteiger partial charge in [-0.3, -0.25) is 0 Å². The Bertz CT molecular complexity index is 715. The van der Waals surface area contributed by atoms with E-state index in [1.54, 1.807) is 12.1 Å². The van der Waals surface area contributed by atoms with Crippen LogP contribution in [0, 0.1) is 0 Å². The van der Waals surface area contributed by atoms with Crippen molar-refractivity contribution in [3.8, 4) is 28.0 Å². The molecule has 3 rings (SSSR count). The lowest BCUT2D eigenvalue weighted by Crippen LogP contribution is -1.80. The Hall–Kier alpha value is -2.25. The maximum atomic E-state index is 9.52. The molecule has 3 aromatic carbocycles. The number of hydrogen-bond acceptors (Lipinski definition) is 1. The van der Waals surface area contributed by atoms with Crippen molar-refractivity contribution in [2.75, 3.05) is 0 Å². The third-order valence-corrected chi connectivity index (χ3v) is 3.49. The molecule has 0 unspecified atom stereocenters. The van der Waals surface area contributed by atoms with Gasteiger partial charge in [0.15, 0.2) is 0 Å². The van der Waals surface area contributed by atoms with Crippen LogP contribution >= 0.6 is 11.6 Å². The molecule has 0 aromatic heterocycles. The minimum atomic E-state index is 0.282. The van der Waals surface area contributed by atoms with Gasteiger partial charge in [-0.1, -0.05) is 60.1 Å². The van der Waals surface area contributed by atoms with Gasteiger partial charge >= 0.3 is 0 Å². The highest BCUT2D eigenvalue weighted by Gasteiger charge is 2.01. The van der Waals surface area contributed by atoms with Gasteiger partial charge in [-0.2, -0.15) is 0 Å². The van der Waals surface area contributed by atoms with Gasteiger partial charge in [0.05, 0.1) is 0 Å². The number of rotatable bonds is 2. The highest BCUT2D eigenvalue weighted by Crippen LogP contribution is 2.27. The van der Waals surface area contributed by atoms with E-state index in [1.807, 2.05) is 36.4 Å². The van der Waals surface area contributed by atoms with Crippen LogP contribution in [0.3, 0.4) is 0 Å². The normalized spacial score (nSPS) is 10.4. The summed E-state index contributed by atoms with van der Waals surface area (Å²) < 4.78 is 0. The van der Waals surface area contributed by atoms with Gasteiger partial charge in [0.2, 0.25) is 0 Å². The van der Waals surface area contributed by atoms with Crippen LogP contribution in [0.25, 0.3) is 22.3 Å². The summed E-state index contributed by atoms with van der Waals surface area (Å²) in [6.45, 7) is 0. The fourth-order valence-electron chi connectivity index (χ4n) is 2.18. The SMILES string of the molecule is Oc1cccc(-c2ccc(-c3ccc(Cl)cc3)cc2)c1. The van der Waals surface area contributed by atoms with Crippen molar-refractivity contribution in [3.05, 3.63) is 77.8 Å². The lowest BCUT2D eigenvalue weighted by atomic mass is 10.0. The summed E-state index contributed by atoms with van der Waals surface area (Å²) in [4.78, 5) is 0. The zero-order chi connectivity index (χ0) is 13.9. The molecule has 0 aliphatic rings. The van der Waals surface area contributed by atoms with Crippen molar-refractivity contribution < 1.29 is 5.11 Å². The van der Waals surface area contributed by atoms with Crippen molar-refractivity contribution in [2.45, 2.75) is 0 Å². The first kappa shape index (κ1) is 12.8. The number of halogens is 1. The summed E-state index contributed by atoms with van der Waals surface area (Å²) in [5.74, 6) is 0.282. The van der Waals surface area contributed by atoms with E-state index in [0.717, 1.165) is 27.3 Å². The van der Waals surface area contributed by atoms with Gasteiger partial charge < -0.3 is 5.11 Å². The fraction of sp³-hybridized carbons (Fsp3) is 0. The van der Waals surface area contributed by atoms with Gasteiger partial charge in [-0.15, -0.1) is 0 Å². The quantitative estimate of drug-likeness (QED) is 0.668. The molecule has 0 saturated heterocycles. The van der Waals surface area contributed by atoms with Crippen molar-refractivity contribution in [3.63, 3.8) is 0 Å². The Morgan fingerprint density at radius 2 is 1.10 bits per heavy atom. The molecule has 2 heteroatoms. The van der Waals surface area contributed by atoms with Crippen molar-refractivity contribution >= 4 is 11.6 Å². The zero-order valence-corrected chi connectivity index (χ0v) is 11.5. The van der Waals surface area contributed by atoms with Crippen LogP contribution in [-0.2, 0) is 0 Å². The van der Waals surface area contributed by atoms with Crippen LogP contribution in [0.2, 0.25) is 5.02 Å². The maximum absolute atomic E-state index is 9.52. The topological polar surface area (TPSA) is 20.2 Å². The number of benzene rings is 3. The Morgan fingerprint density at radius 3 is 1.65 bits per heavy atom. The predicted octanol–water partition coefficient (Wildman–Crippen LogP) is 5.38. The first-order valence-electron chi connectivity index (χ1n) is 6.38. The molecule has 1 N–H and O–H groups in total. The lowest BCUT2D eigenvalue weighted by molar-refractivity contribution is 0.475. The van der Waals surface area contributed by atoms with Crippen molar-refractivity contribution in [1.29, 1.82) is 0 Å². The van der Waals surface area contributed by atoms with Crippen LogP contribution in [0.15, 0.2) is 72.8 Å². The van der Waals surface area contributed by atoms with Crippen LogP contribution in [0.4, 0.5) is 0 Å². The highest BCUT2D eigenvalue weighted by molar-refractivity contribution is 6.30. The van der Waals surface area contributed by atoms with E-state index in [0.29, 0.717) is 0 Å². The molecule has 0 aliphatic heterocycles. The summed E-state index contributed by atoms with van der Waals surface area (Å²) >= 11 is 5.90. The molecule has 0 bridgehead atoms. The minimum absolute atomic E-state index is 0.282. The molecule has 0 saturated carbocycles. The molecule has 0 atom stereocenters. The number of phenols is 1. The Morgan fingerprint density at radius 1 is 0.600 bits per heavy atom. The van der Waals surface area contributed by atoms with E-state index >= 15 is 0 Å². The number of phenolic OH excluding ortho intramolecular Hbond substituents is 1. The number of aromatic hydroxyl groups is 1. The van der Waals surface area contributed by atoms with Crippen LogP contribution in [0.5, 0.6) is 5.75 Å². The third kappa shape index (κ3) is 2.68. The standard InChI is InChI=1S/C18H13ClO/c19-17-10-8-14(9-11-17)13-4-6-15(7-5-13)16-2-1-3-18(20)12-16/h1-12,20H. The molecule has 98 valence electrons. The summed E-state index contributed by atoms with van der Waals surface area (Å²) in [6.07, 6.45) is 0. The Kier molecular flexibility index (Phi) is 3.44. The molecule has 0 heterocycles. The van der Waals surface area contributed by atoms with E-state index in [4.69, 9.17) is 11.6 Å². The van der Waals surface area contributed by atoms with E-state index in [-0.39, 0.29) is 5.75 Å². The molecule has 0 amide bonds. The smallest absolute Gasteiger partial charge is 0.116 e. The average Bonchev–Trinajstić information content (AvgIpc) is 2.48. The predicted molar refractivity (Wildman–Crippen MR) is 84.0 cm³/mol. The lowest BCUT2D eigenvalue weighted by Gasteiger charge is -2.05. The average molecular weight is 281 g/mol. The van der Waals surface area contributed by atoms with Gasteiger partial charge in [0, 0.05) is 5.02 Å². The highest BCUT2D eigenvalue weighted by atomic mass is 35.5. The summed E-state index contributed by atoms with van der Waals surface area (Å²) in [5.41, 5.74) is 4.37. The second-order valence-electron chi connectivity index (χ2n) is 4.63. The van der Waals surface area contributed by atoms with Gasteiger partial charge in [-0.25, -0.2) is 0 Å². The monoisotopic (exact) mass is 280 g/mol. The molecule has 20 heavy (non-hydrogen) atoms. The molecule has 1 nitrogen and oxygen atoms in total. The van der Waals surface area contributed by atoms with E-state index < -0.39 is 0 Å². The van der Waals surface area contributed by atoms with Crippen LogP contribution in [-0.4, -0.2) is 5.11 Å². The molecule has 0 aliphatic carbocycles. The third-order valence-electron chi connectivity index (χ3n) is 3.24. The first-order chi connectivity index (χ1) is 9.72. The minimum Gasteiger partial charge on any atom is -0.508 e. The first-order valence-corrected chi connectivity index (χ1v) is 6.75. The van der Waals surface area contributed by atoms with Gasteiger partial charge in [0.1, 0.15) is 5.75 Å². The fourth-order valence-corrected chi connectivity index (χ4v) is 2.31. The number of hydrogen-bond donors (Lipinski definition) is 1. The molecule has 0 fully saturated rings. The van der Waals surface area contributed by atoms with Gasteiger partial charge in [0.25, 0.3) is 0 Å². The van der Waals surface area contributed by atoms with E-state index in [1.165, 1.54) is 0 Å². The van der Waals surface area contributed by atoms with Crippen molar-refractivity contribution in [1.82, 2.24) is 0 Å². The Labute approximate surface area is 123 Å².